The molecule has 1 fully saturated rings. The summed E-state index contributed by atoms with van der Waals surface area (Å²) in [6, 6.07) is 0. The van der Waals surface area contributed by atoms with E-state index in [0.29, 0.717) is 0 Å². The molecule has 2 aliphatic rings. The fourth-order valence-electron chi connectivity index (χ4n) is 2.29. The normalized spacial score (nSPS) is 20.0. The lowest BCUT2D eigenvalue weighted by Gasteiger charge is -2.18. The lowest BCUT2D eigenvalue weighted by Crippen LogP contribution is -2.26. The topological polar surface area (TPSA) is 37.8 Å². The number of nitrogens with one attached hydrogen (secondary N) is 1. The molecule has 1 aliphatic carbocycles. The molecule has 1 saturated carbocycles. The molecule has 15 heavy (non-hydrogen) atoms. The maximum atomic E-state index is 4.44. The molecule has 0 atom stereocenters. The maximum absolute atomic E-state index is 4.44. The van der Waals surface area contributed by atoms with Gasteiger partial charge in [0.1, 0.15) is 6.33 Å². The van der Waals surface area contributed by atoms with Crippen LogP contribution in [0.3, 0.4) is 0 Å². The van der Waals surface area contributed by atoms with Crippen molar-refractivity contribution >= 4 is 0 Å². The van der Waals surface area contributed by atoms with Crippen molar-refractivity contribution in [1.82, 2.24) is 15.3 Å². The molecular formula is C12H17N3. The number of nitrogens with zero attached hydrogens (tertiary/aromatic N) is 2. The number of hydrogen-bond acceptors (Lipinski definition) is 3. The summed E-state index contributed by atoms with van der Waals surface area (Å²) in [4.78, 5) is 8.81. The predicted molar refractivity (Wildman–Crippen MR) is 58.5 cm³/mol. The number of rotatable bonds is 3. The molecule has 3 nitrogen and oxygen atoms in total. The van der Waals surface area contributed by atoms with Gasteiger partial charge in [-0.1, -0.05) is 12.8 Å². The van der Waals surface area contributed by atoms with Crippen molar-refractivity contribution in [1.29, 1.82) is 0 Å². The van der Waals surface area contributed by atoms with Crippen molar-refractivity contribution in [2.75, 3.05) is 6.54 Å². The van der Waals surface area contributed by atoms with Crippen LogP contribution in [0, 0.1) is 5.92 Å². The van der Waals surface area contributed by atoms with Crippen LogP contribution in [0.25, 0.3) is 0 Å². The molecule has 0 saturated heterocycles. The minimum Gasteiger partial charge on any atom is -0.312 e. The van der Waals surface area contributed by atoms with Gasteiger partial charge in [-0.2, -0.15) is 0 Å². The van der Waals surface area contributed by atoms with Crippen LogP contribution in [0.4, 0.5) is 0 Å². The van der Waals surface area contributed by atoms with E-state index in [1.165, 1.54) is 36.2 Å². The average molecular weight is 203 g/mol. The van der Waals surface area contributed by atoms with Crippen molar-refractivity contribution in [3.8, 4) is 0 Å². The van der Waals surface area contributed by atoms with E-state index in [2.05, 4.69) is 15.3 Å². The Morgan fingerprint density at radius 2 is 2.27 bits per heavy atom. The Hall–Kier alpha value is -0.960. The van der Waals surface area contributed by atoms with E-state index < -0.39 is 0 Å². The van der Waals surface area contributed by atoms with Gasteiger partial charge < -0.3 is 5.32 Å². The molecule has 2 heterocycles. The van der Waals surface area contributed by atoms with Crippen molar-refractivity contribution < 1.29 is 0 Å². The molecule has 0 radical (unpaired) electrons. The molecule has 1 N–H and O–H groups in total. The number of aryl methyl sites for hydroxylation is 1. The highest BCUT2D eigenvalue weighted by atomic mass is 14.9. The van der Waals surface area contributed by atoms with Crippen molar-refractivity contribution in [3.63, 3.8) is 0 Å². The standard InChI is InChI=1S/C12H17N3/c1-2-9(1)3-4-11-10-7-13-6-5-12(10)15-8-14-11/h8-9,13H,1-7H2. The molecule has 3 rings (SSSR count). The molecule has 1 aliphatic heterocycles. The lowest BCUT2D eigenvalue weighted by atomic mass is 10.0. The highest BCUT2D eigenvalue weighted by Crippen LogP contribution is 2.33. The van der Waals surface area contributed by atoms with Crippen LogP contribution in [0.2, 0.25) is 0 Å². The van der Waals surface area contributed by atoms with Crippen molar-refractivity contribution in [2.24, 2.45) is 5.92 Å². The van der Waals surface area contributed by atoms with Crippen LogP contribution in [-0.4, -0.2) is 16.5 Å². The zero-order chi connectivity index (χ0) is 10.1. The van der Waals surface area contributed by atoms with E-state index in [1.807, 2.05) is 0 Å². The second-order valence-corrected chi connectivity index (χ2v) is 4.65. The zero-order valence-electron chi connectivity index (χ0n) is 9.00. The van der Waals surface area contributed by atoms with Gasteiger partial charge >= 0.3 is 0 Å². The smallest absolute Gasteiger partial charge is 0.115 e. The summed E-state index contributed by atoms with van der Waals surface area (Å²) in [6.45, 7) is 2.03. The van der Waals surface area contributed by atoms with E-state index in [-0.39, 0.29) is 0 Å². The third-order valence-corrected chi connectivity index (χ3v) is 3.45. The summed E-state index contributed by atoms with van der Waals surface area (Å²) < 4.78 is 0. The average Bonchev–Trinajstić information content (AvgIpc) is 3.10. The van der Waals surface area contributed by atoms with Crippen LogP contribution < -0.4 is 5.32 Å². The third kappa shape index (κ3) is 2.02. The first kappa shape index (κ1) is 9.28. The Morgan fingerprint density at radius 1 is 1.33 bits per heavy atom. The molecule has 3 heteroatoms. The van der Waals surface area contributed by atoms with Crippen LogP contribution in [-0.2, 0) is 19.4 Å². The second kappa shape index (κ2) is 3.89. The van der Waals surface area contributed by atoms with Crippen LogP contribution in [0.5, 0.6) is 0 Å². The molecule has 0 bridgehead atoms. The monoisotopic (exact) mass is 203 g/mol. The number of fused-ring (bicyclic) bond motifs is 1. The molecular weight excluding hydrogens is 186 g/mol. The molecule has 1 aromatic heterocycles. The second-order valence-electron chi connectivity index (χ2n) is 4.65. The highest BCUT2D eigenvalue weighted by molar-refractivity contribution is 5.27. The van der Waals surface area contributed by atoms with Gasteiger partial charge in [-0.15, -0.1) is 0 Å². The fraction of sp³-hybridized carbons (Fsp3) is 0.667. The third-order valence-electron chi connectivity index (χ3n) is 3.45. The Balaban J connectivity index is 1.79. The van der Waals surface area contributed by atoms with Gasteiger partial charge in [-0.25, -0.2) is 9.97 Å². The lowest BCUT2D eigenvalue weighted by molar-refractivity contribution is 0.607. The molecule has 0 spiro atoms. The van der Waals surface area contributed by atoms with Gasteiger partial charge in [0, 0.05) is 36.5 Å². The Morgan fingerprint density at radius 3 is 3.13 bits per heavy atom. The minimum atomic E-state index is 0.968. The van der Waals surface area contributed by atoms with E-state index in [0.717, 1.165) is 31.8 Å². The summed E-state index contributed by atoms with van der Waals surface area (Å²) in [6.07, 6.45) is 8.15. The van der Waals surface area contributed by atoms with Crippen LogP contribution in [0.1, 0.15) is 36.2 Å². The Kier molecular flexibility index (Phi) is 2.41. The SMILES string of the molecule is c1nc2c(c(CCC3CC3)n1)CNCC2. The molecule has 0 aromatic carbocycles. The molecule has 1 aromatic rings. The van der Waals surface area contributed by atoms with Crippen LogP contribution >= 0.6 is 0 Å². The van der Waals surface area contributed by atoms with Gasteiger partial charge in [-0.3, -0.25) is 0 Å². The first-order valence-electron chi connectivity index (χ1n) is 5.96. The molecule has 0 unspecified atom stereocenters. The predicted octanol–water partition coefficient (Wildman–Crippen LogP) is 1.46. The largest absolute Gasteiger partial charge is 0.312 e. The Bertz CT molecular complexity index is 358. The Labute approximate surface area is 90.3 Å². The summed E-state index contributed by atoms with van der Waals surface area (Å²) in [7, 11) is 0. The number of hydrogen-bond donors (Lipinski definition) is 1. The highest BCUT2D eigenvalue weighted by Gasteiger charge is 2.22. The van der Waals surface area contributed by atoms with E-state index in [1.54, 1.807) is 6.33 Å². The van der Waals surface area contributed by atoms with Gasteiger partial charge in [-0.05, 0) is 18.8 Å². The van der Waals surface area contributed by atoms with E-state index >= 15 is 0 Å². The minimum absolute atomic E-state index is 0.968. The van der Waals surface area contributed by atoms with Gasteiger partial charge in [0.2, 0.25) is 0 Å². The number of aromatic nitrogens is 2. The van der Waals surface area contributed by atoms with Crippen molar-refractivity contribution in [2.45, 2.75) is 38.6 Å². The van der Waals surface area contributed by atoms with E-state index in [4.69, 9.17) is 0 Å². The van der Waals surface area contributed by atoms with Gasteiger partial charge in [0.15, 0.2) is 0 Å². The summed E-state index contributed by atoms with van der Waals surface area (Å²) >= 11 is 0. The first-order chi connectivity index (χ1) is 7.43. The van der Waals surface area contributed by atoms with Crippen LogP contribution in [0.15, 0.2) is 6.33 Å². The zero-order valence-corrected chi connectivity index (χ0v) is 9.00. The summed E-state index contributed by atoms with van der Waals surface area (Å²) in [5.74, 6) is 0.993. The molecule has 80 valence electrons. The van der Waals surface area contributed by atoms with Gasteiger partial charge in [0.05, 0.1) is 0 Å². The van der Waals surface area contributed by atoms with Gasteiger partial charge in [0.25, 0.3) is 0 Å². The maximum Gasteiger partial charge on any atom is 0.115 e. The summed E-state index contributed by atoms with van der Waals surface area (Å²) in [5, 5.41) is 3.40. The quantitative estimate of drug-likeness (QED) is 0.808. The van der Waals surface area contributed by atoms with Crippen molar-refractivity contribution in [3.05, 3.63) is 23.3 Å². The fourth-order valence-corrected chi connectivity index (χ4v) is 2.29. The first-order valence-corrected chi connectivity index (χ1v) is 5.96. The van der Waals surface area contributed by atoms with E-state index in [9.17, 15) is 0 Å². The summed E-state index contributed by atoms with van der Waals surface area (Å²) in [5.41, 5.74) is 3.94. The molecule has 0 amide bonds.